The van der Waals surface area contributed by atoms with Gasteiger partial charge >= 0.3 is 0 Å². The third-order valence-electron chi connectivity index (χ3n) is 11.1. The van der Waals surface area contributed by atoms with Crippen LogP contribution in [-0.4, -0.2) is 70.2 Å². The fourth-order valence-electron chi connectivity index (χ4n) is 8.07. The number of nitrogens with one attached hydrogen (secondary N) is 3. The predicted octanol–water partition coefficient (Wildman–Crippen LogP) is 3.04. The molecule has 13 nitrogen and oxygen atoms in total. The summed E-state index contributed by atoms with van der Waals surface area (Å²) >= 11 is 0. The van der Waals surface area contributed by atoms with E-state index in [0.29, 0.717) is 41.8 Å². The topological polar surface area (TPSA) is 223 Å². The molecule has 4 fully saturated rings. The number of likely N-dealkylation sites (tertiary alicyclic amines) is 1. The normalized spacial score (nSPS) is 19.7. The monoisotopic (exact) mass is 719 g/mol. The van der Waals surface area contributed by atoms with Crippen LogP contribution in [0.3, 0.4) is 0 Å². The summed E-state index contributed by atoms with van der Waals surface area (Å²) in [5.74, 6) is 3.92. The van der Waals surface area contributed by atoms with Gasteiger partial charge in [-0.15, -0.1) is 0 Å². The number of ketones is 1. The lowest BCUT2D eigenvalue weighted by atomic mass is 9.51. The minimum Gasteiger partial charge on any atom is -0.403 e. The van der Waals surface area contributed by atoms with E-state index in [2.05, 4.69) is 16.1 Å². The molecule has 3 saturated carbocycles. The summed E-state index contributed by atoms with van der Waals surface area (Å²) < 4.78 is 0. The van der Waals surface area contributed by atoms with Gasteiger partial charge in [-0.05, 0) is 106 Å². The number of benzene rings is 2. The molecule has 284 valence electrons. The van der Waals surface area contributed by atoms with E-state index >= 15 is 0 Å². The minimum absolute atomic E-state index is 0.117. The molecule has 2 aromatic carbocycles. The second-order valence-electron chi connectivity index (χ2n) is 15.4. The van der Waals surface area contributed by atoms with Gasteiger partial charge in [-0.1, -0.05) is 56.0 Å². The first kappa shape index (κ1) is 40.3. The summed E-state index contributed by atoms with van der Waals surface area (Å²) in [7, 11) is 0. The number of nitrogens with two attached hydrogens (primary N) is 3. The molecule has 52 heavy (non-hydrogen) atoms. The van der Waals surface area contributed by atoms with Crippen LogP contribution in [-0.2, 0) is 19.2 Å². The number of hydrogen-bond acceptors (Lipinski definition) is 9. The Morgan fingerprint density at radius 1 is 0.942 bits per heavy atom. The molecule has 2 aromatic rings. The van der Waals surface area contributed by atoms with E-state index in [1.807, 2.05) is 47.4 Å². The highest BCUT2D eigenvalue weighted by atomic mass is 16.3. The molecule has 6 rings (SSSR count). The molecule has 1 heterocycles. The van der Waals surface area contributed by atoms with Gasteiger partial charge in [0.25, 0.3) is 11.8 Å². The van der Waals surface area contributed by atoms with E-state index in [0.717, 1.165) is 62.4 Å². The lowest BCUT2D eigenvalue weighted by Gasteiger charge is -2.55. The number of aliphatic hydroxyl groups is 1. The van der Waals surface area contributed by atoms with Crippen molar-refractivity contribution in [1.82, 2.24) is 21.0 Å². The van der Waals surface area contributed by atoms with Gasteiger partial charge in [-0.3, -0.25) is 29.8 Å². The molecule has 4 aliphatic rings. The third-order valence-corrected chi connectivity index (χ3v) is 11.1. The predicted molar refractivity (Wildman–Crippen MR) is 200 cm³/mol. The smallest absolute Gasteiger partial charge is 0.287 e. The Morgan fingerprint density at radius 3 is 2.08 bits per heavy atom. The summed E-state index contributed by atoms with van der Waals surface area (Å²) in [5, 5.41) is 16.9. The molecule has 0 aromatic heterocycles. The van der Waals surface area contributed by atoms with Crippen molar-refractivity contribution in [3.05, 3.63) is 59.9 Å². The number of nitrogens with zero attached hydrogens (tertiary/aromatic N) is 1. The highest BCUT2D eigenvalue weighted by Crippen LogP contribution is 2.59. The SMILES string of the molecule is CC(C)(O)/C(=C/N)NN.NC(=O)C(=O)C1(NC=O)CCCCC1.O=C(NC(CC1CC2(CCC2)C1)C(=O)N1CCCC1)c1ccc2ccccc2c1. The summed E-state index contributed by atoms with van der Waals surface area (Å²) in [6, 6.07) is 13.4. The van der Waals surface area contributed by atoms with Gasteiger partial charge in [0.05, 0.1) is 5.70 Å². The molecule has 1 aliphatic heterocycles. The molecule has 13 heteroatoms. The summed E-state index contributed by atoms with van der Waals surface area (Å²) in [5.41, 5.74) is 11.9. The van der Waals surface area contributed by atoms with Gasteiger partial charge < -0.3 is 37.5 Å². The molecule has 4 amide bonds. The van der Waals surface area contributed by atoms with Crippen molar-refractivity contribution in [3.63, 3.8) is 0 Å². The zero-order chi connectivity index (χ0) is 37.9. The average Bonchev–Trinajstić information content (AvgIpc) is 3.64. The molecule has 3 aliphatic carbocycles. The van der Waals surface area contributed by atoms with Gasteiger partial charge in [0, 0.05) is 24.9 Å². The van der Waals surface area contributed by atoms with Crippen molar-refractivity contribution in [1.29, 1.82) is 0 Å². The first-order valence-electron chi connectivity index (χ1n) is 18.5. The van der Waals surface area contributed by atoms with Crippen LogP contribution in [0, 0.1) is 11.3 Å². The quantitative estimate of drug-likeness (QED) is 0.0784. The summed E-state index contributed by atoms with van der Waals surface area (Å²) in [6.07, 6.45) is 14.9. The summed E-state index contributed by atoms with van der Waals surface area (Å²) in [4.78, 5) is 60.8. The molecular weight excluding hydrogens is 662 g/mol. The molecule has 1 atom stereocenters. The molecular formula is C39H57N7O6. The van der Waals surface area contributed by atoms with Gasteiger partial charge in [-0.2, -0.15) is 0 Å². The zero-order valence-electron chi connectivity index (χ0n) is 30.6. The van der Waals surface area contributed by atoms with Crippen molar-refractivity contribution < 1.29 is 29.1 Å². The van der Waals surface area contributed by atoms with E-state index in [4.69, 9.17) is 17.3 Å². The standard InChI is InChI=1S/C25H30N2O2.C9H14N2O3.C5H13N3O/c28-23(21-9-8-19-6-1-2-7-20(19)15-21)26-22(24(29)27-12-3-4-13-27)14-18-16-25(17-18)10-5-11-25;10-8(14)7(13)9(11-6-12)4-2-1-3-5-9;1-5(2,9)4(3-6)8-7/h1-2,6-9,15,18,22H,3-5,10-14,16-17H2,(H,26,28);6H,1-5H2,(H2,10,14)(H,11,12);3,8-9H,6-7H2,1-2H3/b;;4-3-. The Morgan fingerprint density at radius 2 is 1.58 bits per heavy atom. The number of primary amides is 1. The molecule has 1 saturated heterocycles. The molecule has 1 unspecified atom stereocenters. The second-order valence-corrected chi connectivity index (χ2v) is 15.4. The fraction of sp³-hybridized carbons (Fsp3) is 0.564. The van der Waals surface area contributed by atoms with Crippen LogP contribution in [0.1, 0.15) is 108 Å². The van der Waals surface area contributed by atoms with Crippen LogP contribution in [0.4, 0.5) is 0 Å². The largest absolute Gasteiger partial charge is 0.403 e. The van der Waals surface area contributed by atoms with Crippen LogP contribution in [0.2, 0.25) is 0 Å². The highest BCUT2D eigenvalue weighted by molar-refractivity contribution is 6.39. The third kappa shape index (κ3) is 10.1. The van der Waals surface area contributed by atoms with E-state index in [1.165, 1.54) is 38.3 Å². The first-order chi connectivity index (χ1) is 24.8. The lowest BCUT2D eigenvalue weighted by Crippen LogP contribution is -2.56. The van der Waals surface area contributed by atoms with Crippen molar-refractivity contribution in [2.75, 3.05) is 13.1 Å². The van der Waals surface area contributed by atoms with Gasteiger partial charge in [0.1, 0.15) is 17.2 Å². The highest BCUT2D eigenvalue weighted by Gasteiger charge is 2.49. The van der Waals surface area contributed by atoms with Crippen molar-refractivity contribution >= 4 is 40.7 Å². The second kappa shape index (κ2) is 17.8. The Hall–Kier alpha value is -4.49. The number of carbonyl (C=O) groups excluding carboxylic acids is 5. The zero-order valence-corrected chi connectivity index (χ0v) is 30.6. The maximum absolute atomic E-state index is 13.2. The van der Waals surface area contributed by atoms with E-state index in [9.17, 15) is 29.1 Å². The van der Waals surface area contributed by atoms with Gasteiger partial charge in [0.15, 0.2) is 0 Å². The Bertz CT molecular complexity index is 1600. The Balaban J connectivity index is 0.000000219. The molecule has 1 spiro atoms. The number of Topliss-reactive ketones (excluding diaryl/α,β-unsaturated/α-hetero) is 1. The molecule has 10 N–H and O–H groups in total. The Kier molecular flexibility index (Phi) is 13.8. The number of hydrazine groups is 1. The van der Waals surface area contributed by atoms with Gasteiger partial charge in [0.2, 0.25) is 18.1 Å². The minimum atomic E-state index is -1.02. The van der Waals surface area contributed by atoms with Crippen LogP contribution in [0.25, 0.3) is 10.8 Å². The maximum atomic E-state index is 13.2. The van der Waals surface area contributed by atoms with E-state index in [1.54, 1.807) is 13.8 Å². The van der Waals surface area contributed by atoms with Crippen molar-refractivity contribution in [3.8, 4) is 0 Å². The van der Waals surface area contributed by atoms with Crippen molar-refractivity contribution in [2.45, 2.75) is 114 Å². The fourth-order valence-corrected chi connectivity index (χ4v) is 8.07. The number of hydrogen-bond donors (Lipinski definition) is 7. The van der Waals surface area contributed by atoms with Crippen LogP contribution < -0.4 is 33.4 Å². The maximum Gasteiger partial charge on any atom is 0.287 e. The number of rotatable bonds is 11. The lowest BCUT2D eigenvalue weighted by molar-refractivity contribution is -0.141. The summed E-state index contributed by atoms with van der Waals surface area (Å²) in [6.45, 7) is 4.84. The van der Waals surface area contributed by atoms with Gasteiger partial charge in [-0.25, -0.2) is 0 Å². The Labute approximate surface area is 306 Å². The average molecular weight is 720 g/mol. The van der Waals surface area contributed by atoms with Crippen LogP contribution >= 0.6 is 0 Å². The molecule has 0 bridgehead atoms. The van der Waals surface area contributed by atoms with Crippen molar-refractivity contribution in [2.24, 2.45) is 28.6 Å². The number of fused-ring (bicyclic) bond motifs is 1. The molecule has 0 radical (unpaired) electrons. The van der Waals surface area contributed by atoms with Crippen LogP contribution in [0.5, 0.6) is 0 Å². The number of carbonyl (C=O) groups is 5. The first-order valence-corrected chi connectivity index (χ1v) is 18.5. The van der Waals surface area contributed by atoms with E-state index in [-0.39, 0.29) is 11.8 Å². The number of amides is 4. The van der Waals surface area contributed by atoms with E-state index < -0.39 is 28.9 Å². The van der Waals surface area contributed by atoms with Crippen LogP contribution in [0.15, 0.2) is 54.4 Å².